The van der Waals surface area contributed by atoms with Crippen molar-refractivity contribution in [3.05, 3.63) is 35.1 Å². The molecule has 1 aromatic carbocycles. The van der Waals surface area contributed by atoms with E-state index in [1.54, 1.807) is 0 Å². The number of anilines is 1. The minimum absolute atomic E-state index is 0.291. The Hall–Kier alpha value is -2.02. The smallest absolute Gasteiger partial charge is 0.267 e. The zero-order chi connectivity index (χ0) is 15.2. The highest BCUT2D eigenvalue weighted by atomic mass is 32.1. The van der Waals surface area contributed by atoms with Crippen LogP contribution in [0.25, 0.3) is 0 Å². The number of aromatic nitrogens is 2. The van der Waals surface area contributed by atoms with Gasteiger partial charge in [0.1, 0.15) is 16.6 Å². The largest absolute Gasteiger partial charge is 0.481 e. The SMILES string of the molecule is CCc1nnc(NC(=O)[C@@H](CC)Oc2ccc(F)cc2)s1. The number of amides is 1. The number of nitrogens with one attached hydrogen (secondary N) is 1. The summed E-state index contributed by atoms with van der Waals surface area (Å²) in [4.78, 5) is 12.1. The van der Waals surface area contributed by atoms with Gasteiger partial charge in [0.15, 0.2) is 6.10 Å². The zero-order valence-corrected chi connectivity index (χ0v) is 12.6. The highest BCUT2D eigenvalue weighted by Crippen LogP contribution is 2.18. The standard InChI is InChI=1S/C14H16FN3O2S/c1-3-11(20-10-7-5-9(15)6-8-10)13(19)16-14-18-17-12(4-2)21-14/h5-8,11H,3-4H2,1-2H3,(H,16,18,19)/t11-/m1/s1. The molecule has 0 fully saturated rings. The lowest BCUT2D eigenvalue weighted by atomic mass is 10.2. The van der Waals surface area contributed by atoms with Gasteiger partial charge in [0, 0.05) is 0 Å². The van der Waals surface area contributed by atoms with Crippen LogP contribution < -0.4 is 10.1 Å². The average Bonchev–Trinajstić information content (AvgIpc) is 2.94. The number of hydrogen-bond donors (Lipinski definition) is 1. The van der Waals surface area contributed by atoms with Gasteiger partial charge in [0.05, 0.1) is 0 Å². The first-order valence-corrected chi connectivity index (χ1v) is 7.49. The van der Waals surface area contributed by atoms with Crippen LogP contribution in [0.3, 0.4) is 0 Å². The lowest BCUT2D eigenvalue weighted by Crippen LogP contribution is -2.32. The Morgan fingerprint density at radius 2 is 2.05 bits per heavy atom. The van der Waals surface area contributed by atoms with Gasteiger partial charge in [-0.3, -0.25) is 10.1 Å². The first kappa shape index (κ1) is 15.4. The number of halogens is 1. The van der Waals surface area contributed by atoms with Gasteiger partial charge in [-0.1, -0.05) is 25.2 Å². The van der Waals surface area contributed by atoms with E-state index in [4.69, 9.17) is 4.74 Å². The van der Waals surface area contributed by atoms with E-state index in [0.29, 0.717) is 17.3 Å². The summed E-state index contributed by atoms with van der Waals surface area (Å²) in [6, 6.07) is 5.56. The first-order valence-electron chi connectivity index (χ1n) is 6.67. The maximum atomic E-state index is 12.8. The van der Waals surface area contributed by atoms with Crippen molar-refractivity contribution in [1.29, 1.82) is 0 Å². The molecule has 0 saturated heterocycles. The first-order chi connectivity index (χ1) is 10.1. The van der Waals surface area contributed by atoms with Gasteiger partial charge >= 0.3 is 0 Å². The van der Waals surface area contributed by atoms with Crippen LogP contribution >= 0.6 is 11.3 Å². The van der Waals surface area contributed by atoms with Crippen LogP contribution in [0.5, 0.6) is 5.75 Å². The molecule has 1 atom stereocenters. The highest BCUT2D eigenvalue weighted by molar-refractivity contribution is 7.15. The molecule has 0 bridgehead atoms. The van der Waals surface area contributed by atoms with Gasteiger partial charge in [-0.05, 0) is 37.1 Å². The topological polar surface area (TPSA) is 64.1 Å². The third-order valence-electron chi connectivity index (χ3n) is 2.75. The van der Waals surface area contributed by atoms with Crippen molar-refractivity contribution in [2.75, 3.05) is 5.32 Å². The lowest BCUT2D eigenvalue weighted by Gasteiger charge is -2.16. The van der Waals surface area contributed by atoms with Gasteiger partial charge in [-0.25, -0.2) is 4.39 Å². The quantitative estimate of drug-likeness (QED) is 0.891. The van der Waals surface area contributed by atoms with Gasteiger partial charge in [0.25, 0.3) is 5.91 Å². The maximum Gasteiger partial charge on any atom is 0.267 e. The predicted octanol–water partition coefficient (Wildman–Crippen LogP) is 3.04. The molecule has 0 aliphatic carbocycles. The van der Waals surface area contributed by atoms with E-state index in [0.717, 1.165) is 11.4 Å². The molecule has 0 aliphatic heterocycles. The van der Waals surface area contributed by atoms with E-state index in [-0.39, 0.29) is 11.7 Å². The number of aryl methyl sites for hydroxylation is 1. The molecule has 0 saturated carbocycles. The van der Waals surface area contributed by atoms with Crippen molar-refractivity contribution < 1.29 is 13.9 Å². The summed E-state index contributed by atoms with van der Waals surface area (Å²) in [6.07, 6.45) is 0.601. The van der Waals surface area contributed by atoms with Gasteiger partial charge in [-0.2, -0.15) is 0 Å². The van der Waals surface area contributed by atoms with E-state index in [1.165, 1.54) is 35.6 Å². The highest BCUT2D eigenvalue weighted by Gasteiger charge is 2.20. The Kier molecular flexibility index (Phi) is 5.21. The van der Waals surface area contributed by atoms with Crippen LogP contribution in [0.2, 0.25) is 0 Å². The number of carbonyl (C=O) groups excluding carboxylic acids is 1. The molecule has 1 amide bonds. The molecule has 2 aromatic rings. The Bertz CT molecular complexity index is 601. The molecule has 1 heterocycles. The van der Waals surface area contributed by atoms with Crippen LogP contribution in [-0.2, 0) is 11.2 Å². The zero-order valence-electron chi connectivity index (χ0n) is 11.8. The van der Waals surface area contributed by atoms with Crippen molar-refractivity contribution in [3.63, 3.8) is 0 Å². The fraction of sp³-hybridized carbons (Fsp3) is 0.357. The van der Waals surface area contributed by atoms with E-state index < -0.39 is 6.10 Å². The van der Waals surface area contributed by atoms with Gasteiger partial charge in [0.2, 0.25) is 5.13 Å². The van der Waals surface area contributed by atoms with Gasteiger partial charge in [-0.15, -0.1) is 10.2 Å². The number of nitrogens with zero attached hydrogens (tertiary/aromatic N) is 2. The second kappa shape index (κ2) is 7.12. The molecule has 21 heavy (non-hydrogen) atoms. The fourth-order valence-electron chi connectivity index (χ4n) is 1.63. The summed E-state index contributed by atoms with van der Waals surface area (Å²) in [5.41, 5.74) is 0. The van der Waals surface area contributed by atoms with Crippen molar-refractivity contribution in [3.8, 4) is 5.75 Å². The van der Waals surface area contributed by atoms with Crippen molar-refractivity contribution in [2.45, 2.75) is 32.8 Å². The van der Waals surface area contributed by atoms with Crippen LogP contribution in [0.4, 0.5) is 9.52 Å². The Morgan fingerprint density at radius 1 is 1.33 bits per heavy atom. The Morgan fingerprint density at radius 3 is 2.62 bits per heavy atom. The molecule has 0 unspecified atom stereocenters. The minimum atomic E-state index is -0.663. The summed E-state index contributed by atoms with van der Waals surface area (Å²) in [6.45, 7) is 3.81. The second-order valence-corrected chi connectivity index (χ2v) is 5.37. The van der Waals surface area contributed by atoms with E-state index in [9.17, 15) is 9.18 Å². The average molecular weight is 309 g/mol. The lowest BCUT2D eigenvalue weighted by molar-refractivity contribution is -0.122. The Labute approximate surface area is 126 Å². The van der Waals surface area contributed by atoms with Crippen LogP contribution in [-0.4, -0.2) is 22.2 Å². The predicted molar refractivity (Wildman–Crippen MR) is 79.0 cm³/mol. The van der Waals surface area contributed by atoms with Crippen LogP contribution in [0.1, 0.15) is 25.3 Å². The monoisotopic (exact) mass is 309 g/mol. The number of rotatable bonds is 6. The number of carbonyl (C=O) groups is 1. The summed E-state index contributed by atoms with van der Waals surface area (Å²) in [7, 11) is 0. The maximum absolute atomic E-state index is 12.8. The van der Waals surface area contributed by atoms with Crippen molar-refractivity contribution in [1.82, 2.24) is 10.2 Å². The summed E-state index contributed by atoms with van der Waals surface area (Å²) >= 11 is 1.34. The number of benzene rings is 1. The summed E-state index contributed by atoms with van der Waals surface area (Å²) in [5, 5.41) is 11.8. The van der Waals surface area contributed by atoms with Crippen LogP contribution in [0, 0.1) is 5.82 Å². The molecule has 5 nitrogen and oxygen atoms in total. The van der Waals surface area contributed by atoms with Crippen molar-refractivity contribution in [2.24, 2.45) is 0 Å². The van der Waals surface area contributed by atoms with E-state index in [2.05, 4.69) is 15.5 Å². The number of hydrogen-bond acceptors (Lipinski definition) is 5. The third-order valence-corrected chi connectivity index (χ3v) is 3.74. The number of ether oxygens (including phenoxy) is 1. The normalized spacial score (nSPS) is 12.0. The van der Waals surface area contributed by atoms with E-state index in [1.807, 2.05) is 13.8 Å². The third kappa shape index (κ3) is 4.22. The molecule has 0 spiro atoms. The minimum Gasteiger partial charge on any atom is -0.481 e. The Balaban J connectivity index is 1.99. The molecule has 1 aromatic heterocycles. The summed E-state index contributed by atoms with van der Waals surface area (Å²) in [5.74, 6) is -0.189. The van der Waals surface area contributed by atoms with Gasteiger partial charge < -0.3 is 4.74 Å². The van der Waals surface area contributed by atoms with Crippen LogP contribution in [0.15, 0.2) is 24.3 Å². The van der Waals surface area contributed by atoms with E-state index >= 15 is 0 Å². The molecule has 112 valence electrons. The molecular formula is C14H16FN3O2S. The molecule has 2 rings (SSSR count). The second-order valence-electron chi connectivity index (χ2n) is 4.31. The fourth-order valence-corrected chi connectivity index (χ4v) is 2.32. The van der Waals surface area contributed by atoms with Crippen molar-refractivity contribution >= 4 is 22.4 Å². The molecular weight excluding hydrogens is 293 g/mol. The molecule has 0 radical (unpaired) electrons. The molecule has 0 aliphatic rings. The summed E-state index contributed by atoms with van der Waals surface area (Å²) < 4.78 is 18.4. The molecule has 7 heteroatoms. The molecule has 1 N–H and O–H groups in total.